The number of nitrogens with zero attached hydrogens (tertiary/aromatic N) is 4. The van der Waals surface area contributed by atoms with Crippen molar-refractivity contribution >= 4 is 38.1 Å². The molecular formula is C45H28N4. The van der Waals surface area contributed by atoms with E-state index >= 15 is 0 Å². The first-order valence-electron chi connectivity index (χ1n) is 16.5. The van der Waals surface area contributed by atoms with E-state index in [1.807, 2.05) is 60.7 Å². The summed E-state index contributed by atoms with van der Waals surface area (Å²) in [6.07, 6.45) is 0. The average Bonchev–Trinajstić information content (AvgIpc) is 3.71. The molecule has 0 unspecified atom stereocenters. The number of benzene rings is 7. The lowest BCUT2D eigenvalue weighted by Gasteiger charge is -2.11. The van der Waals surface area contributed by atoms with Gasteiger partial charge in [-0.05, 0) is 34.9 Å². The van der Waals surface area contributed by atoms with Crippen molar-refractivity contribution in [2.45, 2.75) is 0 Å². The normalized spacial score (nSPS) is 11.7. The van der Waals surface area contributed by atoms with Crippen LogP contribution < -0.4 is 0 Å². The molecule has 228 valence electrons. The van der Waals surface area contributed by atoms with Crippen LogP contribution >= 0.6 is 0 Å². The Balaban J connectivity index is 1.12. The topological polar surface area (TPSA) is 43.1 Å². The average molecular weight is 625 g/mol. The number of hydrogen-bond acceptors (Lipinski definition) is 3. The Labute approximate surface area is 283 Å². The number of hydrogen-bond donors (Lipinski definition) is 0. The first kappa shape index (κ1) is 27.5. The second kappa shape index (κ2) is 11.0. The van der Waals surface area contributed by atoms with Crippen molar-refractivity contribution < 1.29 is 0 Å². The highest BCUT2D eigenvalue weighted by Crippen LogP contribution is 2.42. The molecule has 0 aliphatic carbocycles. The van der Waals surface area contributed by atoms with Crippen LogP contribution in [0.5, 0.6) is 0 Å². The quantitative estimate of drug-likeness (QED) is 0.191. The van der Waals surface area contributed by atoms with Crippen LogP contribution in [0.1, 0.15) is 0 Å². The van der Waals surface area contributed by atoms with Gasteiger partial charge in [-0.3, -0.25) is 0 Å². The third-order valence-electron chi connectivity index (χ3n) is 9.57. The summed E-state index contributed by atoms with van der Waals surface area (Å²) in [4.78, 5) is 14.8. The molecule has 0 fully saturated rings. The van der Waals surface area contributed by atoms with Crippen molar-refractivity contribution in [3.05, 3.63) is 170 Å². The predicted octanol–water partition coefficient (Wildman–Crippen LogP) is 11.4. The van der Waals surface area contributed by atoms with Crippen molar-refractivity contribution in [2.75, 3.05) is 0 Å². The zero-order chi connectivity index (χ0) is 32.3. The Morgan fingerprint density at radius 2 is 0.735 bits per heavy atom. The van der Waals surface area contributed by atoms with Gasteiger partial charge in [0.15, 0.2) is 17.5 Å². The summed E-state index contributed by atoms with van der Waals surface area (Å²) in [7, 11) is 0. The molecule has 0 spiro atoms. The molecule has 0 saturated heterocycles. The third kappa shape index (κ3) is 4.42. The second-order valence-corrected chi connectivity index (χ2v) is 12.5. The fourth-order valence-electron chi connectivity index (χ4n) is 7.34. The molecule has 7 aromatic carbocycles. The van der Waals surface area contributed by atoms with E-state index in [1.165, 1.54) is 49.2 Å². The van der Waals surface area contributed by atoms with Gasteiger partial charge in [0.05, 0.1) is 16.6 Å². The Hall–Kier alpha value is -6.65. The minimum Gasteiger partial charge on any atom is -0.307 e. The minimum absolute atomic E-state index is 0.646. The van der Waals surface area contributed by atoms with Gasteiger partial charge >= 0.3 is 0 Å². The van der Waals surface area contributed by atoms with Crippen molar-refractivity contribution in [3.63, 3.8) is 0 Å². The van der Waals surface area contributed by atoms with Crippen molar-refractivity contribution in [2.24, 2.45) is 0 Å². The molecule has 4 nitrogen and oxygen atoms in total. The summed E-state index contributed by atoms with van der Waals surface area (Å²) in [5.74, 6) is 1.96. The van der Waals surface area contributed by atoms with E-state index < -0.39 is 0 Å². The van der Waals surface area contributed by atoms with Gasteiger partial charge in [-0.1, -0.05) is 152 Å². The minimum atomic E-state index is 0.646. The molecule has 0 N–H and O–H groups in total. The zero-order valence-corrected chi connectivity index (χ0v) is 26.5. The Kier molecular flexibility index (Phi) is 6.15. The molecule has 10 rings (SSSR count). The van der Waals surface area contributed by atoms with Crippen LogP contribution in [-0.4, -0.2) is 19.4 Å². The summed E-state index contributed by atoms with van der Waals surface area (Å²) < 4.78 is 2.47. The predicted molar refractivity (Wildman–Crippen MR) is 202 cm³/mol. The lowest BCUT2D eigenvalue weighted by Crippen LogP contribution is -2.00. The fraction of sp³-hybridized carbons (Fsp3) is 0. The van der Waals surface area contributed by atoms with Crippen LogP contribution in [0.15, 0.2) is 170 Å². The largest absolute Gasteiger partial charge is 0.307 e. The van der Waals surface area contributed by atoms with Crippen LogP contribution in [0, 0.1) is 0 Å². The molecule has 3 heterocycles. The van der Waals surface area contributed by atoms with Crippen LogP contribution in [-0.2, 0) is 0 Å². The van der Waals surface area contributed by atoms with Crippen molar-refractivity contribution in [1.82, 2.24) is 19.4 Å². The van der Waals surface area contributed by atoms with Gasteiger partial charge in [-0.2, -0.15) is 0 Å². The van der Waals surface area contributed by atoms with Gasteiger partial charge in [0, 0.05) is 43.8 Å². The molecule has 0 saturated carbocycles. The number of para-hydroxylation sites is 3. The summed E-state index contributed by atoms with van der Waals surface area (Å²) in [6.45, 7) is 0. The summed E-state index contributed by atoms with van der Waals surface area (Å²) in [5, 5.41) is 5.14. The van der Waals surface area contributed by atoms with Crippen molar-refractivity contribution in [1.29, 1.82) is 0 Å². The zero-order valence-electron chi connectivity index (χ0n) is 26.5. The molecule has 0 atom stereocenters. The molecule has 0 amide bonds. The molecule has 0 bridgehead atoms. The van der Waals surface area contributed by atoms with E-state index in [-0.39, 0.29) is 0 Å². The molecule has 49 heavy (non-hydrogen) atoms. The van der Waals surface area contributed by atoms with E-state index in [9.17, 15) is 0 Å². The molecule has 0 aliphatic rings. The molecular weight excluding hydrogens is 597 g/mol. The van der Waals surface area contributed by atoms with Crippen LogP contribution in [0.3, 0.4) is 0 Å². The summed E-state index contributed by atoms with van der Waals surface area (Å²) >= 11 is 0. The molecule has 10 aromatic rings. The van der Waals surface area contributed by atoms with Gasteiger partial charge in [-0.15, -0.1) is 0 Å². The molecule has 4 heteroatoms. The van der Waals surface area contributed by atoms with Gasteiger partial charge in [0.2, 0.25) is 0 Å². The van der Waals surface area contributed by atoms with Gasteiger partial charge in [0.25, 0.3) is 0 Å². The van der Waals surface area contributed by atoms with Gasteiger partial charge < -0.3 is 4.40 Å². The van der Waals surface area contributed by atoms with E-state index in [2.05, 4.69) is 114 Å². The Morgan fingerprint density at radius 3 is 1.41 bits per heavy atom. The van der Waals surface area contributed by atoms with E-state index in [4.69, 9.17) is 15.0 Å². The highest BCUT2D eigenvalue weighted by Gasteiger charge is 2.20. The van der Waals surface area contributed by atoms with Crippen molar-refractivity contribution in [3.8, 4) is 56.4 Å². The standard InChI is InChI=1S/C45H28N4/c1-3-13-29(14-4-1)43-46-44(30-15-5-2-6-16-30)48-45(47-43)34-20-10-18-32(28-34)31-17-9-19-33(27-31)35-22-11-24-38-39-25-12-23-37-36-21-7-8-26-40(36)49(41(35)38)42(37)39/h1-28H. The maximum Gasteiger partial charge on any atom is 0.164 e. The Bertz CT molecular complexity index is 2760. The Morgan fingerprint density at radius 1 is 0.306 bits per heavy atom. The SMILES string of the molecule is c1ccc(-c2nc(-c3ccccc3)nc(-c3cccc(-c4cccc(-c5cccc6c7cccc8c9ccccc9n(c56)c87)c4)c3)n2)cc1. The van der Waals surface area contributed by atoms with Crippen LogP contribution in [0.4, 0.5) is 0 Å². The maximum atomic E-state index is 4.97. The third-order valence-corrected chi connectivity index (χ3v) is 9.57. The van der Waals surface area contributed by atoms with Crippen LogP contribution in [0.25, 0.3) is 94.5 Å². The summed E-state index contributed by atoms with van der Waals surface area (Å²) in [5.41, 5.74) is 11.3. The number of aromatic nitrogens is 4. The lowest BCUT2D eigenvalue weighted by atomic mass is 9.96. The molecule has 3 aromatic heterocycles. The summed E-state index contributed by atoms with van der Waals surface area (Å²) in [6, 6.07) is 59.7. The van der Waals surface area contributed by atoms with Gasteiger partial charge in [-0.25, -0.2) is 15.0 Å². The second-order valence-electron chi connectivity index (χ2n) is 12.5. The number of fused-ring (bicyclic) bond motifs is 6. The van der Waals surface area contributed by atoms with E-state index in [0.717, 1.165) is 27.8 Å². The highest BCUT2D eigenvalue weighted by molar-refractivity contribution is 6.25. The van der Waals surface area contributed by atoms with E-state index in [0.29, 0.717) is 17.5 Å². The molecule has 0 aliphatic heterocycles. The van der Waals surface area contributed by atoms with Crippen LogP contribution in [0.2, 0.25) is 0 Å². The lowest BCUT2D eigenvalue weighted by molar-refractivity contribution is 1.07. The maximum absolute atomic E-state index is 4.97. The molecule has 0 radical (unpaired) electrons. The first-order valence-corrected chi connectivity index (χ1v) is 16.5. The van der Waals surface area contributed by atoms with Gasteiger partial charge in [0.1, 0.15) is 0 Å². The highest BCUT2D eigenvalue weighted by atomic mass is 15.0. The first-order chi connectivity index (χ1) is 24.3. The number of rotatable bonds is 5. The smallest absolute Gasteiger partial charge is 0.164 e. The van der Waals surface area contributed by atoms with E-state index in [1.54, 1.807) is 0 Å². The fourth-order valence-corrected chi connectivity index (χ4v) is 7.34. The monoisotopic (exact) mass is 624 g/mol.